The first-order chi connectivity index (χ1) is 14.1. The number of H-pyrrole nitrogens is 1. The standard InChI is InChI=1S/C20H14N4O5/c1-11-7-9-13(10-8-11)24-16(20(27)29-22-24)15-14-17(28-21-15)19(26)23(18(14)25)12-5-3-2-4-6-12/h2-10,14,17H,1H3/p+1. The molecule has 2 aromatic carbocycles. The smallest absolute Gasteiger partial charge is 0.381 e. The maximum atomic E-state index is 13.1. The van der Waals surface area contributed by atoms with Gasteiger partial charge in [-0.3, -0.25) is 14.1 Å². The lowest BCUT2D eigenvalue weighted by atomic mass is 9.97. The number of carbonyl (C=O) groups is 2. The zero-order valence-electron chi connectivity index (χ0n) is 15.2. The fourth-order valence-electron chi connectivity index (χ4n) is 3.57. The van der Waals surface area contributed by atoms with Crippen LogP contribution in [0.5, 0.6) is 0 Å². The molecule has 144 valence electrons. The lowest BCUT2D eigenvalue weighted by molar-refractivity contribution is -0.671. The van der Waals surface area contributed by atoms with Gasteiger partial charge in [0.15, 0.2) is 5.71 Å². The SMILES string of the molecule is Cc1ccc(-[n+]2[nH]oc(=O)c2C2=NOC3C(=O)N(c4ccccc4)C(=O)C23)cc1. The summed E-state index contributed by atoms with van der Waals surface area (Å²) in [6, 6.07) is 15.9. The minimum Gasteiger partial charge on any atom is -0.381 e. The van der Waals surface area contributed by atoms with E-state index >= 15 is 0 Å². The number of benzene rings is 2. The molecule has 1 saturated heterocycles. The third kappa shape index (κ3) is 2.51. The van der Waals surface area contributed by atoms with Crippen molar-refractivity contribution in [2.24, 2.45) is 11.1 Å². The topological polar surface area (TPSA) is 109 Å². The van der Waals surface area contributed by atoms with E-state index < -0.39 is 29.5 Å². The molecule has 0 saturated carbocycles. The molecule has 1 aromatic heterocycles. The van der Waals surface area contributed by atoms with Crippen LogP contribution >= 0.6 is 0 Å². The minimum absolute atomic E-state index is 0.0115. The van der Waals surface area contributed by atoms with Gasteiger partial charge in [-0.15, -0.1) is 0 Å². The van der Waals surface area contributed by atoms with Crippen LogP contribution in [-0.4, -0.2) is 28.9 Å². The first-order valence-corrected chi connectivity index (χ1v) is 8.94. The predicted octanol–water partition coefficient (Wildman–Crippen LogP) is 0.846. The zero-order valence-corrected chi connectivity index (χ0v) is 15.2. The van der Waals surface area contributed by atoms with Crippen molar-refractivity contribution in [2.45, 2.75) is 13.0 Å². The van der Waals surface area contributed by atoms with Crippen molar-refractivity contribution in [3.63, 3.8) is 0 Å². The molecule has 2 unspecified atom stereocenters. The number of fused-ring (bicyclic) bond motifs is 1. The van der Waals surface area contributed by atoms with Crippen molar-refractivity contribution in [2.75, 3.05) is 4.90 Å². The molecule has 2 amide bonds. The number of imide groups is 1. The summed E-state index contributed by atoms with van der Waals surface area (Å²) in [7, 11) is 0. The van der Waals surface area contributed by atoms with Crippen molar-refractivity contribution in [3.05, 3.63) is 76.3 Å². The van der Waals surface area contributed by atoms with Gasteiger partial charge in [0.05, 0.1) is 5.69 Å². The van der Waals surface area contributed by atoms with Gasteiger partial charge in [-0.05, 0) is 29.0 Å². The van der Waals surface area contributed by atoms with Crippen molar-refractivity contribution < 1.29 is 23.6 Å². The summed E-state index contributed by atoms with van der Waals surface area (Å²) in [4.78, 5) is 44.7. The Morgan fingerprint density at radius 2 is 1.72 bits per heavy atom. The highest BCUT2D eigenvalue weighted by molar-refractivity contribution is 6.32. The molecule has 5 rings (SSSR count). The molecule has 1 N–H and O–H groups in total. The number of aromatic nitrogens is 2. The number of para-hydroxylation sites is 1. The van der Waals surface area contributed by atoms with Gasteiger partial charge >= 0.3 is 11.3 Å². The highest BCUT2D eigenvalue weighted by Crippen LogP contribution is 2.34. The highest BCUT2D eigenvalue weighted by atomic mass is 16.7. The Morgan fingerprint density at radius 1 is 1.00 bits per heavy atom. The van der Waals surface area contributed by atoms with E-state index in [2.05, 4.69) is 10.4 Å². The molecule has 9 nitrogen and oxygen atoms in total. The number of oxime groups is 1. The number of anilines is 1. The summed E-state index contributed by atoms with van der Waals surface area (Å²) >= 11 is 0. The number of hydrogen-bond acceptors (Lipinski definition) is 6. The maximum Gasteiger partial charge on any atom is 0.437 e. The van der Waals surface area contributed by atoms with Gasteiger partial charge in [0.25, 0.3) is 5.91 Å². The second-order valence-corrected chi connectivity index (χ2v) is 6.83. The molecule has 0 radical (unpaired) electrons. The minimum atomic E-state index is -1.11. The average molecular weight is 391 g/mol. The Bertz CT molecular complexity index is 1210. The molecule has 9 heteroatoms. The summed E-state index contributed by atoms with van der Waals surface area (Å²) in [5.41, 5.74) is 1.44. The lowest BCUT2D eigenvalue weighted by Gasteiger charge is -2.14. The van der Waals surface area contributed by atoms with E-state index in [0.717, 1.165) is 10.5 Å². The predicted molar refractivity (Wildman–Crippen MR) is 99.4 cm³/mol. The number of aromatic amines is 1. The monoisotopic (exact) mass is 391 g/mol. The molecular formula is C20H15N4O5+. The molecular weight excluding hydrogens is 376 g/mol. The summed E-state index contributed by atoms with van der Waals surface area (Å²) in [5, 5.41) is 6.42. The summed E-state index contributed by atoms with van der Waals surface area (Å²) < 4.78 is 6.34. The summed E-state index contributed by atoms with van der Waals surface area (Å²) in [5.74, 6) is -2.05. The Balaban J connectivity index is 1.57. The molecule has 3 aromatic rings. The van der Waals surface area contributed by atoms with E-state index in [9.17, 15) is 14.4 Å². The first kappa shape index (κ1) is 17.1. The van der Waals surface area contributed by atoms with Crippen LogP contribution in [0.3, 0.4) is 0 Å². The van der Waals surface area contributed by atoms with Gasteiger partial charge in [0.2, 0.25) is 17.7 Å². The number of carbonyl (C=O) groups excluding carboxylic acids is 2. The van der Waals surface area contributed by atoms with Gasteiger partial charge in [0, 0.05) is 12.1 Å². The molecule has 2 atom stereocenters. The molecule has 2 aliphatic heterocycles. The Hall–Kier alpha value is -4.01. The van der Waals surface area contributed by atoms with Crippen LogP contribution < -0.4 is 15.2 Å². The van der Waals surface area contributed by atoms with Crippen LogP contribution in [0.15, 0.2) is 69.1 Å². The van der Waals surface area contributed by atoms with Gasteiger partial charge in [-0.2, -0.15) is 0 Å². The zero-order chi connectivity index (χ0) is 20.1. The number of rotatable bonds is 3. The maximum absolute atomic E-state index is 13.1. The molecule has 0 bridgehead atoms. The quantitative estimate of drug-likeness (QED) is 0.526. The van der Waals surface area contributed by atoms with Crippen LogP contribution in [-0.2, 0) is 14.4 Å². The first-order valence-electron chi connectivity index (χ1n) is 8.94. The van der Waals surface area contributed by atoms with E-state index in [0.29, 0.717) is 11.4 Å². The number of nitrogens with one attached hydrogen (secondary N) is 1. The number of aryl methyl sites for hydroxylation is 1. The van der Waals surface area contributed by atoms with Crippen molar-refractivity contribution in [1.29, 1.82) is 0 Å². The van der Waals surface area contributed by atoms with E-state index in [1.165, 1.54) is 4.68 Å². The van der Waals surface area contributed by atoms with Crippen LogP contribution in [0.1, 0.15) is 11.3 Å². The van der Waals surface area contributed by atoms with Gasteiger partial charge in [-0.25, -0.2) is 9.69 Å². The average Bonchev–Trinajstić information content (AvgIpc) is 3.38. The van der Waals surface area contributed by atoms with E-state index in [4.69, 9.17) is 9.36 Å². The lowest BCUT2D eigenvalue weighted by Crippen LogP contribution is -2.44. The molecule has 2 aliphatic rings. The van der Waals surface area contributed by atoms with Gasteiger partial charge < -0.3 is 4.84 Å². The summed E-state index contributed by atoms with van der Waals surface area (Å²) in [6.45, 7) is 1.94. The van der Waals surface area contributed by atoms with E-state index in [-0.39, 0.29) is 11.4 Å². The van der Waals surface area contributed by atoms with E-state index in [1.807, 2.05) is 19.1 Å². The number of amides is 2. The third-order valence-electron chi connectivity index (χ3n) is 5.01. The molecule has 1 fully saturated rings. The largest absolute Gasteiger partial charge is 0.437 e. The van der Waals surface area contributed by atoms with E-state index in [1.54, 1.807) is 42.5 Å². The van der Waals surface area contributed by atoms with Crippen molar-refractivity contribution in [3.8, 4) is 5.69 Å². The Kier molecular flexibility index (Phi) is 3.70. The van der Waals surface area contributed by atoms with Gasteiger partial charge in [-0.1, -0.05) is 41.1 Å². The van der Waals surface area contributed by atoms with Crippen molar-refractivity contribution in [1.82, 2.24) is 5.27 Å². The fourth-order valence-corrected chi connectivity index (χ4v) is 3.57. The molecule has 0 spiro atoms. The van der Waals surface area contributed by atoms with Crippen LogP contribution in [0.2, 0.25) is 0 Å². The van der Waals surface area contributed by atoms with Crippen LogP contribution in [0.4, 0.5) is 5.69 Å². The summed E-state index contributed by atoms with van der Waals surface area (Å²) in [6.07, 6.45) is -1.11. The fraction of sp³-hybridized carbons (Fsp3) is 0.150. The Labute approximate surface area is 163 Å². The number of nitrogens with zero attached hydrogens (tertiary/aromatic N) is 3. The second-order valence-electron chi connectivity index (χ2n) is 6.83. The number of hydrogen-bond donors (Lipinski definition) is 1. The highest BCUT2D eigenvalue weighted by Gasteiger charge is 2.59. The van der Waals surface area contributed by atoms with Crippen molar-refractivity contribution >= 4 is 23.2 Å². The normalized spacial score (nSPS) is 20.6. The third-order valence-corrected chi connectivity index (χ3v) is 5.01. The molecule has 3 heterocycles. The second kappa shape index (κ2) is 6.26. The molecule has 29 heavy (non-hydrogen) atoms. The van der Waals surface area contributed by atoms with Crippen LogP contribution in [0, 0.1) is 12.8 Å². The van der Waals surface area contributed by atoms with Crippen LogP contribution in [0.25, 0.3) is 5.69 Å². The van der Waals surface area contributed by atoms with Gasteiger partial charge in [0.1, 0.15) is 5.92 Å². The molecule has 0 aliphatic carbocycles. The Morgan fingerprint density at radius 3 is 2.45 bits per heavy atom.